The Bertz CT molecular complexity index is 1500. The van der Waals surface area contributed by atoms with Gasteiger partial charge in [0.25, 0.3) is 0 Å². The van der Waals surface area contributed by atoms with E-state index in [-0.39, 0.29) is 17.9 Å². The summed E-state index contributed by atoms with van der Waals surface area (Å²) in [5.74, 6) is 1.59. The van der Waals surface area contributed by atoms with E-state index in [9.17, 15) is 8.42 Å². The van der Waals surface area contributed by atoms with Gasteiger partial charge in [0, 0.05) is 29.7 Å². The molecule has 0 amide bonds. The highest BCUT2D eigenvalue weighted by molar-refractivity contribution is 7.99. The molecule has 182 valence electrons. The average molecular weight is 515 g/mol. The van der Waals surface area contributed by atoms with Crippen molar-refractivity contribution in [3.05, 3.63) is 30.7 Å². The SMILES string of the molecule is Nc1ncnc2c1nc(Sc1cc3c(cc1-c1ccn[nH]1)OCO3)n2CCCNS(=O)(=O)C1CC1. The molecule has 4 heterocycles. The second-order valence-corrected chi connectivity index (χ2v) is 11.3. The Labute approximate surface area is 204 Å². The summed E-state index contributed by atoms with van der Waals surface area (Å²) in [7, 11) is -3.23. The lowest BCUT2D eigenvalue weighted by Gasteiger charge is -2.12. The molecule has 1 aromatic carbocycles. The number of imidazole rings is 1. The van der Waals surface area contributed by atoms with Gasteiger partial charge < -0.3 is 19.8 Å². The number of hydrogen-bond acceptors (Lipinski definition) is 10. The van der Waals surface area contributed by atoms with Crippen molar-refractivity contribution in [3.8, 4) is 22.8 Å². The number of nitrogens with one attached hydrogen (secondary N) is 2. The van der Waals surface area contributed by atoms with Gasteiger partial charge in [0.2, 0.25) is 16.8 Å². The first-order chi connectivity index (χ1) is 17.0. The van der Waals surface area contributed by atoms with Crippen molar-refractivity contribution in [1.82, 2.24) is 34.4 Å². The second kappa shape index (κ2) is 8.70. The maximum atomic E-state index is 12.2. The molecule has 0 spiro atoms. The molecule has 14 heteroatoms. The molecular weight excluding hydrogens is 492 g/mol. The molecule has 35 heavy (non-hydrogen) atoms. The normalized spacial score (nSPS) is 15.2. The minimum Gasteiger partial charge on any atom is -0.454 e. The highest BCUT2D eigenvalue weighted by Crippen LogP contribution is 2.44. The highest BCUT2D eigenvalue weighted by Gasteiger charge is 2.35. The Morgan fingerprint density at radius 2 is 2.06 bits per heavy atom. The average Bonchev–Trinajstić information content (AvgIpc) is 3.24. The van der Waals surface area contributed by atoms with Crippen molar-refractivity contribution in [3.63, 3.8) is 0 Å². The van der Waals surface area contributed by atoms with Gasteiger partial charge >= 0.3 is 0 Å². The summed E-state index contributed by atoms with van der Waals surface area (Å²) in [4.78, 5) is 14.1. The van der Waals surface area contributed by atoms with E-state index in [4.69, 9.17) is 20.2 Å². The number of nitrogens with two attached hydrogens (primary N) is 1. The third-order valence-corrected chi connectivity index (χ3v) is 8.82. The van der Waals surface area contributed by atoms with Crippen LogP contribution in [0.15, 0.2) is 40.8 Å². The van der Waals surface area contributed by atoms with Crippen molar-refractivity contribution in [1.29, 1.82) is 0 Å². The van der Waals surface area contributed by atoms with Crippen molar-refractivity contribution in [2.45, 2.75) is 41.1 Å². The van der Waals surface area contributed by atoms with Crippen LogP contribution in [0.3, 0.4) is 0 Å². The van der Waals surface area contributed by atoms with Crippen LogP contribution in [0.1, 0.15) is 19.3 Å². The first kappa shape index (κ1) is 22.1. The summed E-state index contributed by atoms with van der Waals surface area (Å²) in [5, 5.41) is 7.47. The molecule has 12 nitrogen and oxygen atoms in total. The Morgan fingerprint density at radius 1 is 1.23 bits per heavy atom. The fourth-order valence-corrected chi connectivity index (χ4v) is 6.37. The van der Waals surface area contributed by atoms with Crippen LogP contribution < -0.4 is 19.9 Å². The monoisotopic (exact) mass is 514 g/mol. The van der Waals surface area contributed by atoms with Gasteiger partial charge in [0.05, 0.1) is 10.9 Å². The number of hydrogen-bond donors (Lipinski definition) is 3. The van der Waals surface area contributed by atoms with E-state index in [0.29, 0.717) is 47.3 Å². The van der Waals surface area contributed by atoms with Gasteiger partial charge in [0.15, 0.2) is 33.6 Å². The van der Waals surface area contributed by atoms with Gasteiger partial charge in [-0.25, -0.2) is 28.1 Å². The van der Waals surface area contributed by atoms with Crippen LogP contribution in [0.5, 0.6) is 11.5 Å². The standard InChI is InChI=1S/C21H22N8O4S2/c22-19-18-20(24-10-23-19)29(7-1-5-26-35(30,31)12-2-3-12)21(27-18)34-17-9-16-15(32-11-33-16)8-13(17)14-4-6-25-28-14/h4,6,8-10,12,26H,1-3,5,7,11H2,(H,25,28)(H2,22,23,24). The van der Waals surface area contributed by atoms with Crippen molar-refractivity contribution < 1.29 is 17.9 Å². The third kappa shape index (κ3) is 4.28. The van der Waals surface area contributed by atoms with Gasteiger partial charge in [-0.05, 0) is 37.5 Å². The summed E-state index contributed by atoms with van der Waals surface area (Å²) in [5.41, 5.74) is 8.88. The van der Waals surface area contributed by atoms with Crippen LogP contribution in [0.4, 0.5) is 5.82 Å². The summed E-state index contributed by atoms with van der Waals surface area (Å²) >= 11 is 1.42. The number of aryl methyl sites for hydroxylation is 1. The molecule has 4 N–H and O–H groups in total. The smallest absolute Gasteiger partial charge is 0.231 e. The molecule has 0 saturated heterocycles. The maximum Gasteiger partial charge on any atom is 0.231 e. The quantitative estimate of drug-likeness (QED) is 0.282. The minimum absolute atomic E-state index is 0.160. The van der Waals surface area contributed by atoms with E-state index in [1.54, 1.807) is 6.20 Å². The number of anilines is 1. The fraction of sp³-hybridized carbons (Fsp3) is 0.333. The first-order valence-corrected chi connectivity index (χ1v) is 13.4. The Hall–Kier alpha value is -3.36. The van der Waals surface area contributed by atoms with Crippen LogP contribution in [-0.4, -0.2) is 56.7 Å². The van der Waals surface area contributed by atoms with Crippen molar-refractivity contribution in [2.75, 3.05) is 19.1 Å². The number of aromatic amines is 1. The van der Waals surface area contributed by atoms with Gasteiger partial charge in [0.1, 0.15) is 6.33 Å². The van der Waals surface area contributed by atoms with Gasteiger partial charge in [-0.3, -0.25) is 5.10 Å². The zero-order valence-electron chi connectivity index (χ0n) is 18.5. The van der Waals surface area contributed by atoms with E-state index in [0.717, 1.165) is 29.0 Å². The molecule has 1 fully saturated rings. The molecule has 0 bridgehead atoms. The number of ether oxygens (including phenoxy) is 2. The maximum absolute atomic E-state index is 12.2. The summed E-state index contributed by atoms with van der Waals surface area (Å²) in [6.07, 6.45) is 5.10. The Kier molecular flexibility index (Phi) is 5.50. The number of H-pyrrole nitrogens is 1. The molecule has 6 rings (SSSR count). The number of sulfonamides is 1. The Morgan fingerprint density at radius 3 is 2.83 bits per heavy atom. The van der Waals surface area contributed by atoms with E-state index >= 15 is 0 Å². The molecule has 1 aliphatic carbocycles. The first-order valence-electron chi connectivity index (χ1n) is 11.1. The lowest BCUT2D eigenvalue weighted by atomic mass is 10.1. The fourth-order valence-electron chi connectivity index (χ4n) is 3.88. The molecule has 4 aromatic rings. The summed E-state index contributed by atoms with van der Waals surface area (Å²) in [6.45, 7) is 0.978. The number of nitrogen functional groups attached to an aromatic ring is 1. The van der Waals surface area contributed by atoms with E-state index < -0.39 is 10.0 Å². The summed E-state index contributed by atoms with van der Waals surface area (Å²) < 4.78 is 40.1. The van der Waals surface area contributed by atoms with Gasteiger partial charge in [-0.2, -0.15) is 5.10 Å². The molecule has 1 aliphatic heterocycles. The van der Waals surface area contributed by atoms with Crippen LogP contribution in [-0.2, 0) is 16.6 Å². The highest BCUT2D eigenvalue weighted by atomic mass is 32.2. The van der Waals surface area contributed by atoms with Crippen molar-refractivity contribution >= 4 is 38.8 Å². The van der Waals surface area contributed by atoms with Crippen molar-refractivity contribution in [2.24, 2.45) is 0 Å². The Balaban J connectivity index is 1.33. The van der Waals surface area contributed by atoms with Crippen LogP contribution >= 0.6 is 11.8 Å². The molecule has 0 radical (unpaired) electrons. The van der Waals surface area contributed by atoms with Crippen LogP contribution in [0.2, 0.25) is 0 Å². The second-order valence-electron chi connectivity index (χ2n) is 8.24. The molecule has 0 atom stereocenters. The number of benzene rings is 1. The van der Waals surface area contributed by atoms with Crippen LogP contribution in [0, 0.1) is 0 Å². The van der Waals surface area contributed by atoms with Crippen LogP contribution in [0.25, 0.3) is 22.4 Å². The lowest BCUT2D eigenvalue weighted by Crippen LogP contribution is -2.28. The molecule has 1 saturated carbocycles. The predicted octanol–water partition coefficient (Wildman–Crippen LogP) is 2.15. The van der Waals surface area contributed by atoms with Gasteiger partial charge in [-0.1, -0.05) is 11.8 Å². The zero-order chi connectivity index (χ0) is 24.0. The molecule has 2 aliphatic rings. The number of rotatable bonds is 9. The lowest BCUT2D eigenvalue weighted by molar-refractivity contribution is 0.174. The number of fused-ring (bicyclic) bond motifs is 2. The molecular formula is C21H22N8O4S2. The largest absolute Gasteiger partial charge is 0.454 e. The number of nitrogens with zero attached hydrogens (tertiary/aromatic N) is 5. The minimum atomic E-state index is -3.23. The molecule has 3 aromatic heterocycles. The van der Waals surface area contributed by atoms with E-state index in [1.165, 1.54) is 18.1 Å². The molecule has 0 unspecified atom stereocenters. The summed E-state index contributed by atoms with van der Waals surface area (Å²) in [6, 6.07) is 5.69. The van der Waals surface area contributed by atoms with Gasteiger partial charge in [-0.15, -0.1) is 0 Å². The predicted molar refractivity (Wildman–Crippen MR) is 129 cm³/mol. The topological polar surface area (TPSA) is 163 Å². The third-order valence-electron chi connectivity index (χ3n) is 5.82. The van der Waals surface area contributed by atoms with E-state index in [2.05, 4.69) is 24.9 Å². The zero-order valence-corrected chi connectivity index (χ0v) is 20.1. The van der Waals surface area contributed by atoms with E-state index in [1.807, 2.05) is 22.8 Å². The number of aromatic nitrogens is 6.